The second kappa shape index (κ2) is 7.54. The number of amides is 1. The molecule has 1 heterocycles. The molecule has 0 bridgehead atoms. The van der Waals surface area contributed by atoms with Crippen molar-refractivity contribution in [3.63, 3.8) is 0 Å². The number of hydrogen-bond donors (Lipinski definition) is 0. The summed E-state index contributed by atoms with van der Waals surface area (Å²) in [6.45, 7) is 2.90. The van der Waals surface area contributed by atoms with E-state index < -0.39 is 0 Å². The fourth-order valence-electron chi connectivity index (χ4n) is 3.07. The average molecular weight is 337 g/mol. The number of benzene rings is 1. The first-order valence-electron chi connectivity index (χ1n) is 8.47. The van der Waals surface area contributed by atoms with Crippen LogP contribution in [-0.4, -0.2) is 50.2 Å². The third-order valence-electron chi connectivity index (χ3n) is 4.87. The smallest absolute Gasteiger partial charge is 0.248 e. The van der Waals surface area contributed by atoms with Crippen molar-refractivity contribution in [3.8, 4) is 0 Å². The number of hydrogen-bond acceptors (Lipinski definition) is 3. The predicted molar refractivity (Wildman–Crippen MR) is 93.0 cm³/mol. The van der Waals surface area contributed by atoms with E-state index >= 15 is 0 Å². The molecule has 1 aromatic carbocycles. The topological polar surface area (TPSA) is 32.8 Å². The fourth-order valence-corrected chi connectivity index (χ4v) is 3.19. The zero-order chi connectivity index (χ0) is 16.2. The quantitative estimate of drug-likeness (QED) is 0.799. The van der Waals surface area contributed by atoms with E-state index in [4.69, 9.17) is 16.3 Å². The Morgan fingerprint density at radius 1 is 1.22 bits per heavy atom. The molecule has 1 saturated heterocycles. The molecule has 1 aliphatic heterocycles. The Labute approximate surface area is 143 Å². The van der Waals surface area contributed by atoms with E-state index in [9.17, 15) is 4.79 Å². The van der Waals surface area contributed by atoms with E-state index in [2.05, 4.69) is 17.0 Å². The van der Waals surface area contributed by atoms with Gasteiger partial charge in [-0.05, 0) is 55.9 Å². The molecule has 1 aromatic rings. The van der Waals surface area contributed by atoms with Gasteiger partial charge in [-0.3, -0.25) is 4.79 Å². The van der Waals surface area contributed by atoms with Gasteiger partial charge in [0.2, 0.25) is 5.91 Å². The highest BCUT2D eigenvalue weighted by molar-refractivity contribution is 6.30. The monoisotopic (exact) mass is 336 g/mol. The highest BCUT2D eigenvalue weighted by Gasteiger charge is 2.26. The molecular formula is C18H25ClN2O2. The number of nitrogens with zero attached hydrogens (tertiary/aromatic N) is 2. The van der Waals surface area contributed by atoms with Gasteiger partial charge in [0, 0.05) is 36.9 Å². The van der Waals surface area contributed by atoms with E-state index in [1.54, 1.807) is 0 Å². The molecule has 0 radical (unpaired) electrons. The van der Waals surface area contributed by atoms with Crippen LogP contribution in [0.3, 0.4) is 0 Å². The largest absolute Gasteiger partial charge is 0.371 e. The van der Waals surface area contributed by atoms with Gasteiger partial charge in [0.05, 0.1) is 6.61 Å². The van der Waals surface area contributed by atoms with Crippen LogP contribution < -0.4 is 4.90 Å². The van der Waals surface area contributed by atoms with Crippen molar-refractivity contribution in [3.05, 3.63) is 29.3 Å². The zero-order valence-electron chi connectivity index (χ0n) is 13.7. The third kappa shape index (κ3) is 4.61. The molecule has 0 unspecified atom stereocenters. The second-order valence-corrected chi connectivity index (χ2v) is 7.09. The molecule has 0 N–H and O–H groups in total. The molecule has 4 nitrogen and oxygen atoms in total. The average Bonchev–Trinajstić information content (AvgIpc) is 3.39. The van der Waals surface area contributed by atoms with Crippen LogP contribution in [-0.2, 0) is 9.53 Å². The first-order chi connectivity index (χ1) is 11.1. The number of rotatable bonds is 6. The summed E-state index contributed by atoms with van der Waals surface area (Å²) in [5.74, 6) is 0.811. The van der Waals surface area contributed by atoms with Crippen molar-refractivity contribution in [2.75, 3.05) is 38.3 Å². The van der Waals surface area contributed by atoms with Crippen LogP contribution >= 0.6 is 11.6 Å². The molecule has 2 fully saturated rings. The molecular weight excluding hydrogens is 312 g/mol. The summed E-state index contributed by atoms with van der Waals surface area (Å²) in [6, 6.07) is 8.29. The predicted octanol–water partition coefficient (Wildman–Crippen LogP) is 3.19. The van der Waals surface area contributed by atoms with Crippen LogP contribution in [0.4, 0.5) is 5.69 Å². The van der Waals surface area contributed by atoms with Gasteiger partial charge in [-0.25, -0.2) is 0 Å². The molecule has 0 atom stereocenters. The molecule has 1 aliphatic carbocycles. The van der Waals surface area contributed by atoms with E-state index in [0.29, 0.717) is 12.0 Å². The first-order valence-corrected chi connectivity index (χ1v) is 8.85. The summed E-state index contributed by atoms with van der Waals surface area (Å²) in [4.78, 5) is 16.4. The zero-order valence-corrected chi connectivity index (χ0v) is 14.5. The van der Waals surface area contributed by atoms with Gasteiger partial charge in [0.15, 0.2) is 0 Å². The van der Waals surface area contributed by atoms with Gasteiger partial charge in [0.1, 0.15) is 6.61 Å². The number of likely N-dealkylation sites (N-methyl/N-ethyl adjacent to an activating group) is 1. The first kappa shape index (κ1) is 16.6. The standard InChI is InChI=1S/C18H25ClN2O2/c1-20(18(22)13-23-12-14-2-3-14)16-8-10-21(11-9-16)17-6-4-15(19)5-7-17/h4-7,14,16H,2-3,8-13H2,1H3. The Balaban J connectivity index is 1.43. The van der Waals surface area contributed by atoms with Gasteiger partial charge < -0.3 is 14.5 Å². The van der Waals surface area contributed by atoms with Crippen LogP contribution in [0.1, 0.15) is 25.7 Å². The lowest BCUT2D eigenvalue weighted by Crippen LogP contribution is -2.46. The molecule has 3 rings (SSSR count). The lowest BCUT2D eigenvalue weighted by Gasteiger charge is -2.37. The lowest BCUT2D eigenvalue weighted by molar-refractivity contribution is -0.137. The minimum absolute atomic E-state index is 0.107. The van der Waals surface area contributed by atoms with Gasteiger partial charge in [-0.2, -0.15) is 0 Å². The van der Waals surface area contributed by atoms with Crippen molar-refractivity contribution >= 4 is 23.2 Å². The normalized spacial score (nSPS) is 19.0. The summed E-state index contributed by atoms with van der Waals surface area (Å²) in [5.41, 5.74) is 1.20. The number of ether oxygens (including phenoxy) is 1. The van der Waals surface area contributed by atoms with E-state index in [1.807, 2.05) is 24.1 Å². The summed E-state index contributed by atoms with van der Waals surface area (Å²) >= 11 is 5.94. The lowest BCUT2D eigenvalue weighted by atomic mass is 10.0. The number of piperidine rings is 1. The molecule has 0 spiro atoms. The maximum Gasteiger partial charge on any atom is 0.248 e. The Bertz CT molecular complexity index is 522. The number of carbonyl (C=O) groups is 1. The van der Waals surface area contributed by atoms with Gasteiger partial charge in [-0.1, -0.05) is 11.6 Å². The minimum Gasteiger partial charge on any atom is -0.371 e. The fraction of sp³-hybridized carbons (Fsp3) is 0.611. The third-order valence-corrected chi connectivity index (χ3v) is 5.13. The summed E-state index contributed by atoms with van der Waals surface area (Å²) in [7, 11) is 1.91. The van der Waals surface area contributed by atoms with E-state index in [1.165, 1.54) is 18.5 Å². The van der Waals surface area contributed by atoms with Gasteiger partial charge in [-0.15, -0.1) is 0 Å². The van der Waals surface area contributed by atoms with Crippen molar-refractivity contribution in [2.45, 2.75) is 31.7 Å². The highest BCUT2D eigenvalue weighted by atomic mass is 35.5. The molecule has 126 valence electrons. The number of anilines is 1. The molecule has 1 amide bonds. The van der Waals surface area contributed by atoms with Crippen LogP contribution in [0.5, 0.6) is 0 Å². The van der Waals surface area contributed by atoms with Crippen molar-refractivity contribution in [2.24, 2.45) is 5.92 Å². The number of carbonyl (C=O) groups excluding carboxylic acids is 1. The maximum atomic E-state index is 12.2. The Kier molecular flexibility index (Phi) is 5.44. The summed E-state index contributed by atoms with van der Waals surface area (Å²) < 4.78 is 5.52. The van der Waals surface area contributed by atoms with E-state index in [-0.39, 0.29) is 12.5 Å². The van der Waals surface area contributed by atoms with Gasteiger partial charge in [0.25, 0.3) is 0 Å². The summed E-state index contributed by atoms with van der Waals surface area (Å²) in [5, 5.41) is 0.764. The Morgan fingerprint density at radius 3 is 2.48 bits per heavy atom. The molecule has 5 heteroatoms. The second-order valence-electron chi connectivity index (χ2n) is 6.66. The molecule has 23 heavy (non-hydrogen) atoms. The van der Waals surface area contributed by atoms with Gasteiger partial charge >= 0.3 is 0 Å². The van der Waals surface area contributed by atoms with Crippen molar-refractivity contribution < 1.29 is 9.53 Å². The van der Waals surface area contributed by atoms with Crippen LogP contribution in [0, 0.1) is 5.92 Å². The van der Waals surface area contributed by atoms with Crippen LogP contribution in [0.2, 0.25) is 5.02 Å². The minimum atomic E-state index is 0.107. The molecule has 0 aromatic heterocycles. The van der Waals surface area contributed by atoms with E-state index in [0.717, 1.165) is 37.6 Å². The molecule has 2 aliphatic rings. The Hall–Kier alpha value is -1.26. The van der Waals surface area contributed by atoms with Crippen LogP contribution in [0.15, 0.2) is 24.3 Å². The van der Waals surface area contributed by atoms with Crippen molar-refractivity contribution in [1.82, 2.24) is 4.90 Å². The van der Waals surface area contributed by atoms with Crippen LogP contribution in [0.25, 0.3) is 0 Å². The number of halogens is 1. The SMILES string of the molecule is CN(C(=O)COCC1CC1)C1CCN(c2ccc(Cl)cc2)CC1. The Morgan fingerprint density at radius 2 is 1.87 bits per heavy atom. The molecule has 1 saturated carbocycles. The maximum absolute atomic E-state index is 12.2. The summed E-state index contributed by atoms with van der Waals surface area (Å²) in [6.07, 6.45) is 4.50. The van der Waals surface area contributed by atoms with Crippen molar-refractivity contribution in [1.29, 1.82) is 0 Å². The highest BCUT2D eigenvalue weighted by Crippen LogP contribution is 2.29.